The molecule has 1 aliphatic rings. The molecular weight excluding hydrogens is 402 g/mol. The van der Waals surface area contributed by atoms with Crippen molar-refractivity contribution in [2.45, 2.75) is 37.3 Å². The zero-order valence-corrected chi connectivity index (χ0v) is 16.4. The molecule has 134 valence electrons. The van der Waals surface area contributed by atoms with Crippen molar-refractivity contribution in [1.82, 2.24) is 20.2 Å². The van der Waals surface area contributed by atoms with E-state index in [1.165, 1.54) is 48.5 Å². The Hall–Kier alpha value is -1.54. The Bertz CT molecular complexity index is 730. The quantitative estimate of drug-likeness (QED) is 0.550. The van der Waals surface area contributed by atoms with Crippen LogP contribution < -0.4 is 11.2 Å². The molecule has 1 aromatic carbocycles. The number of halogens is 1. The molecule has 0 atom stereocenters. The molecule has 1 aliphatic carbocycles. The number of carbonyl (C=O) groups is 1. The number of nitrogens with two attached hydrogens (primary N) is 1. The van der Waals surface area contributed by atoms with Gasteiger partial charge in [-0.05, 0) is 30.9 Å². The third-order valence-electron chi connectivity index (χ3n) is 4.42. The van der Waals surface area contributed by atoms with Crippen molar-refractivity contribution < 1.29 is 4.79 Å². The number of aromatic nitrogens is 3. The summed E-state index contributed by atoms with van der Waals surface area (Å²) < 4.78 is 2.33. The van der Waals surface area contributed by atoms with Crippen LogP contribution in [0.5, 0.6) is 0 Å². The molecule has 1 saturated carbocycles. The molecule has 1 fully saturated rings. The molecule has 3 rings (SSSR count). The molecule has 0 bridgehead atoms. The van der Waals surface area contributed by atoms with Crippen molar-refractivity contribution in [2.75, 3.05) is 18.1 Å². The first-order chi connectivity index (χ1) is 12.1. The average Bonchev–Trinajstić information content (AvgIpc) is 3.00. The maximum atomic E-state index is 12.1. The van der Waals surface area contributed by atoms with Crippen molar-refractivity contribution in [3.63, 3.8) is 0 Å². The number of nitrogens with one attached hydrogen (secondary N) is 1. The highest BCUT2D eigenvalue weighted by atomic mass is 79.9. The zero-order valence-electron chi connectivity index (χ0n) is 13.9. The van der Waals surface area contributed by atoms with Crippen LogP contribution in [0.4, 0.5) is 0 Å². The Morgan fingerprint density at radius 3 is 2.80 bits per heavy atom. The van der Waals surface area contributed by atoms with Gasteiger partial charge in [-0.1, -0.05) is 59.1 Å². The molecule has 6 nitrogen and oxygen atoms in total. The lowest BCUT2D eigenvalue weighted by atomic mass is 9.89. The SMILES string of the molecule is Nn1c(SCC(=O)NCC2CCCCC2)nnc1-c1ccccc1Br. The second kappa shape index (κ2) is 8.71. The van der Waals surface area contributed by atoms with Crippen LogP contribution in [0.2, 0.25) is 0 Å². The third kappa shape index (κ3) is 4.76. The van der Waals surface area contributed by atoms with Crippen LogP contribution in [-0.4, -0.2) is 33.1 Å². The predicted octanol–water partition coefficient (Wildman–Crippen LogP) is 3.21. The number of amides is 1. The third-order valence-corrected chi connectivity index (χ3v) is 6.06. The summed E-state index contributed by atoms with van der Waals surface area (Å²) in [5.41, 5.74) is 0.867. The van der Waals surface area contributed by atoms with Crippen LogP contribution in [0.15, 0.2) is 33.9 Å². The van der Waals surface area contributed by atoms with Gasteiger partial charge in [0.1, 0.15) is 0 Å². The summed E-state index contributed by atoms with van der Waals surface area (Å²) in [4.78, 5) is 12.1. The van der Waals surface area contributed by atoms with Gasteiger partial charge in [0.15, 0.2) is 5.82 Å². The van der Waals surface area contributed by atoms with E-state index in [4.69, 9.17) is 5.84 Å². The van der Waals surface area contributed by atoms with Crippen molar-refractivity contribution in [3.05, 3.63) is 28.7 Å². The molecule has 1 heterocycles. The van der Waals surface area contributed by atoms with E-state index >= 15 is 0 Å². The Balaban J connectivity index is 1.53. The lowest BCUT2D eigenvalue weighted by Gasteiger charge is -2.21. The molecule has 0 unspecified atom stereocenters. The fourth-order valence-electron chi connectivity index (χ4n) is 3.03. The van der Waals surface area contributed by atoms with Gasteiger partial charge < -0.3 is 11.2 Å². The normalized spacial score (nSPS) is 15.2. The number of benzene rings is 1. The number of rotatable bonds is 6. The lowest BCUT2D eigenvalue weighted by molar-refractivity contribution is -0.118. The highest BCUT2D eigenvalue weighted by Crippen LogP contribution is 2.28. The van der Waals surface area contributed by atoms with Crippen LogP contribution in [0, 0.1) is 5.92 Å². The number of hydrogen-bond acceptors (Lipinski definition) is 5. The van der Waals surface area contributed by atoms with Gasteiger partial charge in [0.2, 0.25) is 11.1 Å². The minimum Gasteiger partial charge on any atom is -0.355 e. The van der Waals surface area contributed by atoms with E-state index in [2.05, 4.69) is 31.4 Å². The molecule has 0 saturated heterocycles. The lowest BCUT2D eigenvalue weighted by Crippen LogP contribution is -2.31. The highest BCUT2D eigenvalue weighted by Gasteiger charge is 2.17. The van der Waals surface area contributed by atoms with E-state index in [1.807, 2.05) is 24.3 Å². The molecule has 1 amide bonds. The smallest absolute Gasteiger partial charge is 0.230 e. The first-order valence-electron chi connectivity index (χ1n) is 8.50. The standard InChI is InChI=1S/C17H22BrN5OS/c18-14-9-5-4-8-13(14)16-21-22-17(23(16)19)25-11-15(24)20-10-12-6-2-1-3-7-12/h4-5,8-9,12H,1-3,6-7,10-11,19H2,(H,20,24). The number of thioether (sulfide) groups is 1. The largest absolute Gasteiger partial charge is 0.355 e. The Morgan fingerprint density at radius 2 is 2.04 bits per heavy atom. The number of nitrogens with zero attached hydrogens (tertiary/aromatic N) is 3. The Morgan fingerprint density at radius 1 is 1.28 bits per heavy atom. The summed E-state index contributed by atoms with van der Waals surface area (Å²) in [5.74, 6) is 7.60. The van der Waals surface area contributed by atoms with Crippen molar-refractivity contribution in [1.29, 1.82) is 0 Å². The van der Waals surface area contributed by atoms with E-state index in [-0.39, 0.29) is 11.7 Å². The Labute approximate surface area is 160 Å². The van der Waals surface area contributed by atoms with Gasteiger partial charge in [-0.3, -0.25) is 4.79 Å². The highest BCUT2D eigenvalue weighted by molar-refractivity contribution is 9.10. The molecular formula is C17H22BrN5OS. The van der Waals surface area contributed by atoms with Crippen LogP contribution in [0.25, 0.3) is 11.4 Å². The minimum absolute atomic E-state index is 0.0148. The molecule has 25 heavy (non-hydrogen) atoms. The summed E-state index contributed by atoms with van der Waals surface area (Å²) in [5, 5.41) is 11.8. The van der Waals surface area contributed by atoms with Gasteiger partial charge in [0.25, 0.3) is 0 Å². The maximum absolute atomic E-state index is 12.1. The topological polar surface area (TPSA) is 85.8 Å². The fraction of sp³-hybridized carbons (Fsp3) is 0.471. The van der Waals surface area contributed by atoms with Crippen LogP contribution in [-0.2, 0) is 4.79 Å². The van der Waals surface area contributed by atoms with Gasteiger partial charge in [0.05, 0.1) is 5.75 Å². The van der Waals surface area contributed by atoms with E-state index < -0.39 is 0 Å². The zero-order chi connectivity index (χ0) is 17.6. The predicted molar refractivity (Wildman–Crippen MR) is 104 cm³/mol. The van der Waals surface area contributed by atoms with Gasteiger partial charge in [0, 0.05) is 16.6 Å². The van der Waals surface area contributed by atoms with Crippen LogP contribution >= 0.6 is 27.7 Å². The second-order valence-corrected chi connectivity index (χ2v) is 8.05. The molecule has 8 heteroatoms. The molecule has 0 radical (unpaired) electrons. The first-order valence-corrected chi connectivity index (χ1v) is 10.3. The van der Waals surface area contributed by atoms with E-state index in [1.54, 1.807) is 0 Å². The van der Waals surface area contributed by atoms with E-state index in [0.29, 0.717) is 16.9 Å². The maximum Gasteiger partial charge on any atom is 0.230 e. The summed E-state index contributed by atoms with van der Waals surface area (Å²) in [7, 11) is 0. The molecule has 0 aliphatic heterocycles. The van der Waals surface area contributed by atoms with Crippen molar-refractivity contribution in [2.24, 2.45) is 5.92 Å². The Kier molecular flexibility index (Phi) is 6.36. The van der Waals surface area contributed by atoms with Crippen molar-refractivity contribution in [3.8, 4) is 11.4 Å². The second-order valence-electron chi connectivity index (χ2n) is 6.25. The molecule has 0 spiro atoms. The summed E-state index contributed by atoms with van der Waals surface area (Å²) in [6, 6.07) is 7.69. The van der Waals surface area contributed by atoms with Crippen LogP contribution in [0.1, 0.15) is 32.1 Å². The van der Waals surface area contributed by atoms with Gasteiger partial charge in [-0.2, -0.15) is 0 Å². The number of hydrogen-bond donors (Lipinski definition) is 2. The van der Waals surface area contributed by atoms with Gasteiger partial charge in [-0.15, -0.1) is 10.2 Å². The molecule has 2 aromatic rings. The molecule has 1 aromatic heterocycles. The summed E-state index contributed by atoms with van der Waals surface area (Å²) >= 11 is 4.79. The molecule has 3 N–H and O–H groups in total. The summed E-state index contributed by atoms with van der Waals surface area (Å²) in [6.45, 7) is 0.775. The fourth-order valence-corrected chi connectivity index (χ4v) is 4.18. The van der Waals surface area contributed by atoms with Crippen molar-refractivity contribution >= 4 is 33.6 Å². The van der Waals surface area contributed by atoms with E-state index in [0.717, 1.165) is 16.6 Å². The monoisotopic (exact) mass is 423 g/mol. The number of nitrogen functional groups attached to an aromatic ring is 1. The minimum atomic E-state index is 0.0148. The van der Waals surface area contributed by atoms with Gasteiger partial charge in [-0.25, -0.2) is 4.68 Å². The van der Waals surface area contributed by atoms with E-state index in [9.17, 15) is 4.79 Å². The van der Waals surface area contributed by atoms with Gasteiger partial charge >= 0.3 is 0 Å². The first kappa shape index (κ1) is 18.3. The average molecular weight is 424 g/mol. The number of carbonyl (C=O) groups excluding carboxylic acids is 1. The van der Waals surface area contributed by atoms with Crippen LogP contribution in [0.3, 0.4) is 0 Å². The summed E-state index contributed by atoms with van der Waals surface area (Å²) in [6.07, 6.45) is 6.33.